The van der Waals surface area contributed by atoms with E-state index < -0.39 is 0 Å². The van der Waals surface area contributed by atoms with E-state index in [9.17, 15) is 4.79 Å². The zero-order chi connectivity index (χ0) is 13.0. The van der Waals surface area contributed by atoms with Gasteiger partial charge in [0.25, 0.3) is 5.91 Å². The molecule has 1 heterocycles. The first-order valence-electron chi connectivity index (χ1n) is 6.34. The Kier molecular flexibility index (Phi) is 4.61. The van der Waals surface area contributed by atoms with Gasteiger partial charge >= 0.3 is 0 Å². The van der Waals surface area contributed by atoms with Gasteiger partial charge in [0, 0.05) is 24.0 Å². The lowest BCUT2D eigenvalue weighted by molar-refractivity contribution is 0.0943. The summed E-state index contributed by atoms with van der Waals surface area (Å²) in [4.78, 5) is 14.2. The quantitative estimate of drug-likeness (QED) is 0.848. The highest BCUT2D eigenvalue weighted by atomic mass is 35.5. The van der Waals surface area contributed by atoms with Gasteiger partial charge in [-0.05, 0) is 44.1 Å². The standard InChI is InChI=1S/C14H19ClN2O/c1-17-8-2-3-13(17)10-16-14(18)12-6-4-11(9-15)5-7-12/h4-7,13H,2-3,8-10H2,1H3,(H,16,18). The van der Waals surface area contributed by atoms with Gasteiger partial charge in [-0.3, -0.25) is 4.79 Å². The number of alkyl halides is 1. The molecule has 0 saturated carbocycles. The van der Waals surface area contributed by atoms with Crippen LogP contribution < -0.4 is 5.32 Å². The van der Waals surface area contributed by atoms with Crippen molar-refractivity contribution >= 4 is 17.5 Å². The van der Waals surface area contributed by atoms with Gasteiger partial charge in [0.05, 0.1) is 0 Å². The van der Waals surface area contributed by atoms with Gasteiger partial charge in [-0.15, -0.1) is 11.6 Å². The predicted octanol–water partition coefficient (Wildman–Crippen LogP) is 2.25. The molecule has 1 aliphatic heterocycles. The molecule has 0 spiro atoms. The largest absolute Gasteiger partial charge is 0.350 e. The molecule has 1 unspecified atom stereocenters. The van der Waals surface area contributed by atoms with Gasteiger partial charge in [0.15, 0.2) is 0 Å². The van der Waals surface area contributed by atoms with Gasteiger partial charge in [-0.25, -0.2) is 0 Å². The van der Waals surface area contributed by atoms with Crippen molar-refractivity contribution in [3.8, 4) is 0 Å². The molecule has 1 amide bonds. The predicted molar refractivity (Wildman–Crippen MR) is 74.0 cm³/mol. The van der Waals surface area contributed by atoms with Crippen LogP contribution in [0.4, 0.5) is 0 Å². The van der Waals surface area contributed by atoms with Crippen LogP contribution in [0.5, 0.6) is 0 Å². The average Bonchev–Trinajstić information content (AvgIpc) is 2.81. The van der Waals surface area contributed by atoms with Crippen molar-refractivity contribution in [1.29, 1.82) is 0 Å². The van der Waals surface area contributed by atoms with E-state index in [1.165, 1.54) is 12.8 Å². The second kappa shape index (κ2) is 6.21. The third kappa shape index (κ3) is 3.24. The first-order chi connectivity index (χ1) is 8.70. The normalized spacial score (nSPS) is 20.0. The fourth-order valence-corrected chi connectivity index (χ4v) is 2.47. The lowest BCUT2D eigenvalue weighted by atomic mass is 10.1. The van der Waals surface area contributed by atoms with E-state index in [1.807, 2.05) is 24.3 Å². The van der Waals surface area contributed by atoms with Crippen LogP contribution in [0, 0.1) is 0 Å². The molecule has 98 valence electrons. The zero-order valence-corrected chi connectivity index (χ0v) is 11.4. The molecule has 1 aliphatic rings. The van der Waals surface area contributed by atoms with Crippen LogP contribution in [0.25, 0.3) is 0 Å². The number of carbonyl (C=O) groups excluding carboxylic acids is 1. The number of hydrogen-bond acceptors (Lipinski definition) is 2. The van der Waals surface area contributed by atoms with Crippen LogP contribution in [0.15, 0.2) is 24.3 Å². The molecule has 18 heavy (non-hydrogen) atoms. The monoisotopic (exact) mass is 266 g/mol. The van der Waals surface area contributed by atoms with Crippen molar-refractivity contribution in [1.82, 2.24) is 10.2 Å². The van der Waals surface area contributed by atoms with Gasteiger partial charge < -0.3 is 10.2 Å². The summed E-state index contributed by atoms with van der Waals surface area (Å²) in [6, 6.07) is 7.92. The van der Waals surface area contributed by atoms with Crippen molar-refractivity contribution in [3.05, 3.63) is 35.4 Å². The summed E-state index contributed by atoms with van der Waals surface area (Å²) >= 11 is 5.72. The fourth-order valence-electron chi connectivity index (χ4n) is 2.29. The highest BCUT2D eigenvalue weighted by Gasteiger charge is 2.21. The van der Waals surface area contributed by atoms with Gasteiger partial charge in [0.1, 0.15) is 0 Å². The molecule has 0 bridgehead atoms. The van der Waals surface area contributed by atoms with Gasteiger partial charge in [0.2, 0.25) is 0 Å². The Morgan fingerprint density at radius 1 is 1.44 bits per heavy atom. The molecule has 1 fully saturated rings. The van der Waals surface area contributed by atoms with Gasteiger partial charge in [-0.1, -0.05) is 12.1 Å². The molecule has 1 aromatic rings. The SMILES string of the molecule is CN1CCCC1CNC(=O)c1ccc(CCl)cc1. The molecule has 1 aromatic carbocycles. The number of likely N-dealkylation sites (tertiary alicyclic amines) is 1. The molecule has 0 aliphatic carbocycles. The van der Waals surface area contributed by atoms with Crippen LogP contribution in [0.2, 0.25) is 0 Å². The first kappa shape index (κ1) is 13.4. The maximum Gasteiger partial charge on any atom is 0.251 e. The average molecular weight is 267 g/mol. The Labute approximate surface area is 113 Å². The van der Waals surface area contributed by atoms with E-state index in [4.69, 9.17) is 11.6 Å². The summed E-state index contributed by atoms with van der Waals surface area (Å²) in [7, 11) is 2.11. The number of halogens is 1. The molecule has 2 rings (SSSR count). The van der Waals surface area contributed by atoms with E-state index in [1.54, 1.807) is 0 Å². The number of nitrogens with zero attached hydrogens (tertiary/aromatic N) is 1. The molecular weight excluding hydrogens is 248 g/mol. The van der Waals surface area contributed by atoms with Gasteiger partial charge in [-0.2, -0.15) is 0 Å². The number of hydrogen-bond donors (Lipinski definition) is 1. The molecule has 1 atom stereocenters. The first-order valence-corrected chi connectivity index (χ1v) is 6.87. The molecular formula is C14H19ClN2O. The maximum atomic E-state index is 11.9. The van der Waals surface area contributed by atoms with Crippen LogP contribution >= 0.6 is 11.6 Å². The second-order valence-electron chi connectivity index (χ2n) is 4.82. The molecule has 0 radical (unpaired) electrons. The van der Waals surface area contributed by atoms with E-state index in [-0.39, 0.29) is 5.91 Å². The molecule has 0 aromatic heterocycles. The number of likely N-dealkylation sites (N-methyl/N-ethyl adjacent to an activating group) is 1. The molecule has 4 heteroatoms. The van der Waals surface area contributed by atoms with Crippen LogP contribution in [0.3, 0.4) is 0 Å². The summed E-state index contributed by atoms with van der Waals surface area (Å²) in [5.74, 6) is 0.478. The molecule has 1 saturated heterocycles. The Morgan fingerprint density at radius 3 is 2.72 bits per heavy atom. The fraction of sp³-hybridized carbons (Fsp3) is 0.500. The van der Waals surface area contributed by atoms with Crippen molar-refractivity contribution in [2.24, 2.45) is 0 Å². The number of rotatable bonds is 4. The minimum absolute atomic E-state index is 0.00331. The summed E-state index contributed by atoms with van der Waals surface area (Å²) in [5, 5.41) is 3.00. The Hall–Kier alpha value is -1.06. The van der Waals surface area contributed by atoms with Crippen molar-refractivity contribution in [2.45, 2.75) is 24.8 Å². The minimum atomic E-state index is -0.00331. The smallest absolute Gasteiger partial charge is 0.251 e. The number of carbonyl (C=O) groups is 1. The summed E-state index contributed by atoms with van der Waals surface area (Å²) < 4.78 is 0. The number of benzene rings is 1. The topological polar surface area (TPSA) is 32.3 Å². The Morgan fingerprint density at radius 2 is 2.17 bits per heavy atom. The van der Waals surface area contributed by atoms with Crippen molar-refractivity contribution < 1.29 is 4.79 Å². The molecule has 3 nitrogen and oxygen atoms in total. The lowest BCUT2D eigenvalue weighted by Crippen LogP contribution is -2.38. The van der Waals surface area contributed by atoms with E-state index in [0.717, 1.165) is 18.7 Å². The van der Waals surface area contributed by atoms with Crippen LogP contribution in [0.1, 0.15) is 28.8 Å². The van der Waals surface area contributed by atoms with Crippen molar-refractivity contribution in [2.75, 3.05) is 20.1 Å². The zero-order valence-electron chi connectivity index (χ0n) is 10.7. The highest BCUT2D eigenvalue weighted by molar-refractivity contribution is 6.17. The number of amides is 1. The van der Waals surface area contributed by atoms with E-state index in [2.05, 4.69) is 17.3 Å². The van der Waals surface area contributed by atoms with Crippen LogP contribution in [-0.2, 0) is 5.88 Å². The van der Waals surface area contributed by atoms with E-state index in [0.29, 0.717) is 17.5 Å². The van der Waals surface area contributed by atoms with Crippen LogP contribution in [-0.4, -0.2) is 37.0 Å². The summed E-state index contributed by atoms with van der Waals surface area (Å²) in [6.07, 6.45) is 2.39. The Bertz CT molecular complexity index is 405. The lowest BCUT2D eigenvalue weighted by Gasteiger charge is -2.19. The Balaban J connectivity index is 1.87. The minimum Gasteiger partial charge on any atom is -0.350 e. The third-order valence-electron chi connectivity index (χ3n) is 3.54. The van der Waals surface area contributed by atoms with Crippen molar-refractivity contribution in [3.63, 3.8) is 0 Å². The third-order valence-corrected chi connectivity index (χ3v) is 3.85. The van der Waals surface area contributed by atoms with E-state index >= 15 is 0 Å². The summed E-state index contributed by atoms with van der Waals surface area (Å²) in [6.45, 7) is 1.86. The maximum absolute atomic E-state index is 11.9. The second-order valence-corrected chi connectivity index (χ2v) is 5.08. The number of nitrogens with one attached hydrogen (secondary N) is 1. The molecule has 1 N–H and O–H groups in total. The highest BCUT2D eigenvalue weighted by Crippen LogP contribution is 2.14. The summed E-state index contributed by atoms with van der Waals surface area (Å²) in [5.41, 5.74) is 1.73.